The van der Waals surface area contributed by atoms with E-state index in [0.717, 1.165) is 25.6 Å². The zero-order chi connectivity index (χ0) is 22.9. The smallest absolute Gasteiger partial charge is 0.250 e. The van der Waals surface area contributed by atoms with Crippen molar-refractivity contribution in [1.82, 2.24) is 15.6 Å². The molecule has 0 spiro atoms. The number of benzene rings is 3. The van der Waals surface area contributed by atoms with Gasteiger partial charge in [0.2, 0.25) is 0 Å². The van der Waals surface area contributed by atoms with Gasteiger partial charge in [-0.3, -0.25) is 4.79 Å². The van der Waals surface area contributed by atoms with Gasteiger partial charge in [0.15, 0.2) is 8.68 Å². The number of nitrogens with one attached hydrogen (secondary N) is 1. The molecule has 0 unspecified atom stereocenters. The lowest BCUT2D eigenvalue weighted by Crippen LogP contribution is -2.19. The van der Waals surface area contributed by atoms with Gasteiger partial charge in [-0.1, -0.05) is 114 Å². The highest BCUT2D eigenvalue weighted by molar-refractivity contribution is 8.03. The lowest BCUT2D eigenvalue weighted by molar-refractivity contribution is -0.118. The van der Waals surface area contributed by atoms with Crippen molar-refractivity contribution in [3.8, 4) is 0 Å². The van der Waals surface area contributed by atoms with E-state index >= 15 is 0 Å². The highest BCUT2D eigenvalue weighted by Crippen LogP contribution is 2.32. The van der Waals surface area contributed by atoms with Crippen molar-refractivity contribution in [3.63, 3.8) is 0 Å². The van der Waals surface area contributed by atoms with Crippen LogP contribution < -0.4 is 5.43 Å². The molecule has 0 saturated heterocycles. The van der Waals surface area contributed by atoms with E-state index in [1.807, 2.05) is 43.3 Å². The quantitative estimate of drug-likeness (QED) is 0.170. The molecule has 166 valence electrons. The summed E-state index contributed by atoms with van der Waals surface area (Å²) in [5.41, 5.74) is 5.88. The van der Waals surface area contributed by atoms with Gasteiger partial charge < -0.3 is 0 Å². The average molecular weight is 491 g/mol. The summed E-state index contributed by atoms with van der Waals surface area (Å²) in [4.78, 5) is 12.1. The molecule has 0 atom stereocenters. The molecule has 4 aromatic rings. The molecule has 5 nitrogen and oxygen atoms in total. The Bertz CT molecular complexity index is 1280. The maximum absolute atomic E-state index is 12.1. The van der Waals surface area contributed by atoms with Crippen LogP contribution in [0.4, 0.5) is 0 Å². The van der Waals surface area contributed by atoms with E-state index in [9.17, 15) is 4.79 Å². The number of aromatic nitrogens is 2. The monoisotopic (exact) mass is 490 g/mol. The Balaban J connectivity index is 1.23. The van der Waals surface area contributed by atoms with Crippen molar-refractivity contribution in [1.29, 1.82) is 0 Å². The Kier molecular flexibility index (Phi) is 8.30. The van der Waals surface area contributed by atoms with Crippen LogP contribution >= 0.6 is 34.9 Å². The van der Waals surface area contributed by atoms with Crippen LogP contribution in [0.3, 0.4) is 0 Å². The molecular formula is C25H22N4OS3. The summed E-state index contributed by atoms with van der Waals surface area (Å²) >= 11 is 4.53. The average Bonchev–Trinajstić information content (AvgIpc) is 3.30. The second-order valence-corrected chi connectivity index (χ2v) is 10.6. The van der Waals surface area contributed by atoms with Crippen LogP contribution in [0, 0.1) is 0 Å². The van der Waals surface area contributed by atoms with Crippen LogP contribution in [-0.4, -0.2) is 28.1 Å². The third-order valence-electron chi connectivity index (χ3n) is 4.60. The molecule has 3 aromatic carbocycles. The van der Waals surface area contributed by atoms with Gasteiger partial charge in [-0.2, -0.15) is 5.10 Å². The lowest BCUT2D eigenvalue weighted by Gasteiger charge is -2.04. The van der Waals surface area contributed by atoms with Crippen LogP contribution in [0.15, 0.2) is 92.2 Å². The Morgan fingerprint density at radius 2 is 1.70 bits per heavy atom. The minimum absolute atomic E-state index is 0.177. The predicted octanol–water partition coefficient (Wildman–Crippen LogP) is 6.28. The Hall–Kier alpha value is -2.94. The van der Waals surface area contributed by atoms with E-state index in [1.165, 1.54) is 39.4 Å². The minimum atomic E-state index is -0.177. The number of thioether (sulfide) groups is 2. The molecule has 0 saturated carbocycles. The summed E-state index contributed by atoms with van der Waals surface area (Å²) in [5, 5.41) is 15.0. The highest BCUT2D eigenvalue weighted by Gasteiger charge is 2.09. The fourth-order valence-corrected chi connectivity index (χ4v) is 5.90. The second kappa shape index (κ2) is 11.8. The lowest BCUT2D eigenvalue weighted by atomic mass is 10.1. The Morgan fingerprint density at radius 1 is 0.970 bits per heavy atom. The van der Waals surface area contributed by atoms with Gasteiger partial charge in [0.1, 0.15) is 0 Å². The van der Waals surface area contributed by atoms with E-state index in [1.54, 1.807) is 18.0 Å². The van der Waals surface area contributed by atoms with Gasteiger partial charge in [-0.15, -0.1) is 10.2 Å². The van der Waals surface area contributed by atoms with E-state index in [2.05, 4.69) is 63.2 Å². The number of hydrazone groups is 1. The predicted molar refractivity (Wildman–Crippen MR) is 141 cm³/mol. The van der Waals surface area contributed by atoms with Crippen molar-refractivity contribution in [2.24, 2.45) is 5.10 Å². The first-order valence-electron chi connectivity index (χ1n) is 10.3. The van der Waals surface area contributed by atoms with Gasteiger partial charge in [-0.25, -0.2) is 5.43 Å². The molecule has 8 heteroatoms. The molecular weight excluding hydrogens is 469 g/mol. The fraction of sp³-hybridized carbons (Fsp3) is 0.120. The minimum Gasteiger partial charge on any atom is -0.272 e. The van der Waals surface area contributed by atoms with Crippen molar-refractivity contribution >= 4 is 63.8 Å². The molecule has 0 radical (unpaired) electrons. The maximum Gasteiger partial charge on any atom is 0.250 e. The molecule has 0 aliphatic heterocycles. The Morgan fingerprint density at radius 3 is 2.55 bits per heavy atom. The number of rotatable bonds is 9. The number of carbonyl (C=O) groups excluding carboxylic acids is 1. The number of carbonyl (C=O) groups is 1. The van der Waals surface area contributed by atoms with Crippen LogP contribution in [0.5, 0.6) is 0 Å². The zero-order valence-corrected chi connectivity index (χ0v) is 20.4. The molecule has 0 fully saturated rings. The molecule has 1 aromatic heterocycles. The standard InChI is InChI=1S/C25H22N4OS3/c1-18(14-19-8-3-2-4-9-19)15-26-27-23(30)17-32-25-29-28-24(33-25)31-16-21-12-7-11-20-10-5-6-13-22(20)21/h2-15H,16-17H2,1H3,(H,27,30)/b18-14-,26-15-. The Labute approximate surface area is 205 Å². The molecule has 1 N–H and O–H groups in total. The fourth-order valence-electron chi connectivity index (χ4n) is 3.09. The van der Waals surface area contributed by atoms with Gasteiger partial charge >= 0.3 is 0 Å². The van der Waals surface area contributed by atoms with Crippen molar-refractivity contribution in [3.05, 3.63) is 89.5 Å². The normalized spacial score (nSPS) is 11.8. The number of nitrogens with zero attached hydrogens (tertiary/aromatic N) is 3. The van der Waals surface area contributed by atoms with Gasteiger partial charge in [-0.05, 0) is 34.4 Å². The zero-order valence-electron chi connectivity index (χ0n) is 18.0. The SMILES string of the molecule is CC(/C=N\NC(=O)CSc1nnc(SCc2cccc3ccccc23)s1)=C/c1ccccc1. The topological polar surface area (TPSA) is 67.2 Å². The second-order valence-electron chi connectivity index (χ2n) is 7.14. The van der Waals surface area contributed by atoms with Crippen LogP contribution in [0.25, 0.3) is 16.8 Å². The summed E-state index contributed by atoms with van der Waals surface area (Å²) in [6.45, 7) is 1.94. The van der Waals surface area contributed by atoms with Gasteiger partial charge in [0.25, 0.3) is 5.91 Å². The third-order valence-corrected chi connectivity index (χ3v) is 7.84. The van der Waals surface area contributed by atoms with Crippen molar-refractivity contribution in [2.75, 3.05) is 5.75 Å². The molecule has 0 aliphatic carbocycles. The number of hydrogen-bond donors (Lipinski definition) is 1. The van der Waals surface area contributed by atoms with Gasteiger partial charge in [0.05, 0.1) is 12.0 Å². The number of allylic oxidation sites excluding steroid dienone is 1. The van der Waals surface area contributed by atoms with Crippen LogP contribution in [0.1, 0.15) is 18.1 Å². The van der Waals surface area contributed by atoms with Crippen LogP contribution in [0.2, 0.25) is 0 Å². The summed E-state index contributed by atoms with van der Waals surface area (Å²) in [6.07, 6.45) is 3.64. The largest absolute Gasteiger partial charge is 0.272 e. The number of hydrogen-bond acceptors (Lipinski definition) is 7. The summed E-state index contributed by atoms with van der Waals surface area (Å²) in [7, 11) is 0. The molecule has 0 aliphatic rings. The van der Waals surface area contributed by atoms with E-state index in [4.69, 9.17) is 0 Å². The molecule has 1 heterocycles. The summed E-state index contributed by atoms with van der Waals surface area (Å²) in [6, 6.07) is 24.7. The van der Waals surface area contributed by atoms with Gasteiger partial charge in [0, 0.05) is 5.75 Å². The van der Waals surface area contributed by atoms with Crippen LogP contribution in [-0.2, 0) is 10.5 Å². The first-order chi connectivity index (χ1) is 16.2. The molecule has 4 rings (SSSR count). The molecule has 0 bridgehead atoms. The number of amides is 1. The molecule has 1 amide bonds. The highest BCUT2D eigenvalue weighted by atomic mass is 32.2. The first kappa shape index (κ1) is 23.2. The summed E-state index contributed by atoms with van der Waals surface area (Å²) < 4.78 is 1.67. The van der Waals surface area contributed by atoms with Crippen molar-refractivity contribution < 1.29 is 4.79 Å². The van der Waals surface area contributed by atoms with E-state index in [-0.39, 0.29) is 11.7 Å². The summed E-state index contributed by atoms with van der Waals surface area (Å²) in [5.74, 6) is 0.886. The van der Waals surface area contributed by atoms with E-state index in [0.29, 0.717) is 0 Å². The molecule has 33 heavy (non-hydrogen) atoms. The van der Waals surface area contributed by atoms with E-state index < -0.39 is 0 Å². The van der Waals surface area contributed by atoms with Crippen molar-refractivity contribution in [2.45, 2.75) is 21.4 Å². The first-order valence-corrected chi connectivity index (χ1v) is 13.1. The maximum atomic E-state index is 12.1. The number of fused-ring (bicyclic) bond motifs is 1. The third kappa shape index (κ3) is 7.02.